The van der Waals surface area contributed by atoms with Gasteiger partial charge < -0.3 is 4.74 Å². The summed E-state index contributed by atoms with van der Waals surface area (Å²) in [5.41, 5.74) is 10.6. The SMILES string of the molecule is C1=CC2C=CC=C(C3=CCCC(C4C5CCC=CC5=C(C5=C6Oc7ccccc7C6CC6C=CC=CC56)C5C=CC=CC54)=C3)C2C=C1. The van der Waals surface area contributed by atoms with Crippen LogP contribution in [0.25, 0.3) is 0 Å². The highest BCUT2D eigenvalue weighted by atomic mass is 16.5. The molecular formula is C46H42O. The molecule has 1 aliphatic heterocycles. The van der Waals surface area contributed by atoms with E-state index in [-0.39, 0.29) is 0 Å². The van der Waals surface area contributed by atoms with Crippen LogP contribution in [0.5, 0.6) is 5.75 Å². The molecule has 8 aliphatic carbocycles. The molecule has 0 radical (unpaired) electrons. The molecule has 1 heteroatoms. The second-order valence-corrected chi connectivity index (χ2v) is 14.8. The van der Waals surface area contributed by atoms with Gasteiger partial charge in [0.1, 0.15) is 11.5 Å². The summed E-state index contributed by atoms with van der Waals surface area (Å²) in [6, 6.07) is 8.80. The highest BCUT2D eigenvalue weighted by Crippen LogP contribution is 2.60. The van der Waals surface area contributed by atoms with E-state index in [1.54, 1.807) is 16.7 Å². The Morgan fingerprint density at radius 2 is 1.53 bits per heavy atom. The normalized spacial score (nSPS) is 36.9. The van der Waals surface area contributed by atoms with Crippen LogP contribution in [-0.4, -0.2) is 0 Å². The van der Waals surface area contributed by atoms with Crippen molar-refractivity contribution in [2.24, 2.45) is 47.3 Å². The van der Waals surface area contributed by atoms with Crippen LogP contribution in [0.4, 0.5) is 0 Å². The molecule has 0 N–H and O–H groups in total. The Morgan fingerprint density at radius 1 is 0.723 bits per heavy atom. The van der Waals surface area contributed by atoms with Crippen molar-refractivity contribution in [1.29, 1.82) is 0 Å². The van der Waals surface area contributed by atoms with Crippen LogP contribution in [0.2, 0.25) is 0 Å². The van der Waals surface area contributed by atoms with Crippen molar-refractivity contribution in [3.63, 3.8) is 0 Å². The minimum atomic E-state index is 0.330. The largest absolute Gasteiger partial charge is 0.460 e. The molecule has 0 amide bonds. The molecule has 10 rings (SSSR count). The first-order valence-corrected chi connectivity index (χ1v) is 18.1. The Kier molecular flexibility index (Phi) is 6.56. The molecule has 47 heavy (non-hydrogen) atoms. The quantitative estimate of drug-likeness (QED) is 0.331. The number of ether oxygens (including phenoxy) is 1. The maximum atomic E-state index is 6.93. The fraction of sp³-hybridized carbons (Fsp3) is 0.304. The smallest absolute Gasteiger partial charge is 0.130 e. The van der Waals surface area contributed by atoms with E-state index in [1.807, 2.05) is 0 Å². The molecule has 0 spiro atoms. The number of hydrogen-bond donors (Lipinski definition) is 0. The molecule has 1 heterocycles. The predicted octanol–water partition coefficient (Wildman–Crippen LogP) is 10.9. The van der Waals surface area contributed by atoms with Crippen molar-refractivity contribution in [2.75, 3.05) is 0 Å². The van der Waals surface area contributed by atoms with E-state index in [2.05, 4.69) is 140 Å². The first kappa shape index (κ1) is 27.7. The van der Waals surface area contributed by atoms with Crippen LogP contribution in [0.1, 0.15) is 43.6 Å². The van der Waals surface area contributed by atoms with Gasteiger partial charge >= 0.3 is 0 Å². The monoisotopic (exact) mass is 610 g/mol. The van der Waals surface area contributed by atoms with Crippen LogP contribution >= 0.6 is 0 Å². The van der Waals surface area contributed by atoms with Crippen LogP contribution in [0, 0.1) is 47.3 Å². The molecule has 1 aromatic rings. The molecule has 0 fully saturated rings. The molecule has 0 saturated carbocycles. The van der Waals surface area contributed by atoms with Gasteiger partial charge in [0.2, 0.25) is 0 Å². The maximum Gasteiger partial charge on any atom is 0.130 e. The molecule has 232 valence electrons. The van der Waals surface area contributed by atoms with E-state index in [0.717, 1.165) is 31.4 Å². The zero-order valence-electron chi connectivity index (χ0n) is 26.9. The fourth-order valence-electron chi connectivity index (χ4n) is 10.6. The average molecular weight is 611 g/mol. The third-order valence-corrected chi connectivity index (χ3v) is 12.5. The Bertz CT molecular complexity index is 1930. The third-order valence-electron chi connectivity index (χ3n) is 12.5. The molecule has 9 aliphatic rings. The molecule has 1 aromatic carbocycles. The van der Waals surface area contributed by atoms with Crippen LogP contribution in [-0.2, 0) is 0 Å². The average Bonchev–Trinajstić information content (AvgIpc) is 3.51. The topological polar surface area (TPSA) is 9.23 Å². The first-order chi connectivity index (χ1) is 23.3. The summed E-state index contributed by atoms with van der Waals surface area (Å²) >= 11 is 0. The lowest BCUT2D eigenvalue weighted by atomic mass is 9.54. The summed E-state index contributed by atoms with van der Waals surface area (Å²) in [4.78, 5) is 0. The van der Waals surface area contributed by atoms with E-state index in [4.69, 9.17) is 4.74 Å². The number of fused-ring (bicyclic) bond motifs is 7. The lowest BCUT2D eigenvalue weighted by Gasteiger charge is -2.49. The Morgan fingerprint density at radius 3 is 2.49 bits per heavy atom. The van der Waals surface area contributed by atoms with E-state index in [0.29, 0.717) is 53.3 Å². The standard InChI is InChI=1S/C46H42O/c1-3-18-33-29(13-1)15-12-25-34(33)30-16-11-17-32(27-30)43-37-21-5-7-23-39(37)44(40-24-8-6-22-38(40)43)45-35-19-4-2-14-31(35)28-41-36-20-9-10-26-42(36)47-46(41)45/h1-5,7-10,12-16,18-21,23-27,29,31,33,35,37-39,41,43H,6,11,17,22,28H2. The fourth-order valence-corrected chi connectivity index (χ4v) is 10.6. The van der Waals surface area contributed by atoms with Gasteiger partial charge in [0.25, 0.3) is 0 Å². The summed E-state index contributed by atoms with van der Waals surface area (Å²) in [6.07, 6.45) is 51.4. The number of para-hydroxylation sites is 1. The van der Waals surface area contributed by atoms with Gasteiger partial charge in [-0.2, -0.15) is 0 Å². The minimum absolute atomic E-state index is 0.330. The number of rotatable bonds is 3. The highest BCUT2D eigenvalue weighted by Gasteiger charge is 2.50. The summed E-state index contributed by atoms with van der Waals surface area (Å²) in [5.74, 6) is 6.21. The molecule has 0 bridgehead atoms. The van der Waals surface area contributed by atoms with Gasteiger partial charge in [-0.15, -0.1) is 0 Å². The highest BCUT2D eigenvalue weighted by molar-refractivity contribution is 5.60. The summed E-state index contributed by atoms with van der Waals surface area (Å²) < 4.78 is 6.93. The molecule has 0 saturated heterocycles. The Labute approximate surface area is 279 Å². The first-order valence-electron chi connectivity index (χ1n) is 18.1. The lowest BCUT2D eigenvalue weighted by Crippen LogP contribution is -2.40. The van der Waals surface area contributed by atoms with Crippen LogP contribution < -0.4 is 4.74 Å². The third kappa shape index (κ3) is 4.35. The Balaban J connectivity index is 1.12. The van der Waals surface area contributed by atoms with Gasteiger partial charge in [0.05, 0.1) is 0 Å². The van der Waals surface area contributed by atoms with Gasteiger partial charge in [-0.05, 0) is 84.1 Å². The van der Waals surface area contributed by atoms with Gasteiger partial charge in [-0.3, -0.25) is 0 Å². The van der Waals surface area contributed by atoms with E-state index in [1.165, 1.54) is 34.5 Å². The summed E-state index contributed by atoms with van der Waals surface area (Å²) in [5, 5.41) is 0. The zero-order chi connectivity index (χ0) is 30.9. The van der Waals surface area contributed by atoms with E-state index < -0.39 is 0 Å². The van der Waals surface area contributed by atoms with Crippen molar-refractivity contribution >= 4 is 0 Å². The van der Waals surface area contributed by atoms with Crippen molar-refractivity contribution < 1.29 is 4.74 Å². The summed E-state index contributed by atoms with van der Waals surface area (Å²) in [6.45, 7) is 0. The lowest BCUT2D eigenvalue weighted by molar-refractivity contribution is 0.252. The molecule has 1 nitrogen and oxygen atoms in total. The maximum absolute atomic E-state index is 6.93. The molecule has 0 aromatic heterocycles. The zero-order valence-corrected chi connectivity index (χ0v) is 26.9. The van der Waals surface area contributed by atoms with Crippen molar-refractivity contribution in [1.82, 2.24) is 0 Å². The van der Waals surface area contributed by atoms with Crippen molar-refractivity contribution in [3.05, 3.63) is 184 Å². The second kappa shape index (κ2) is 11.1. The predicted molar refractivity (Wildman–Crippen MR) is 192 cm³/mol. The van der Waals surface area contributed by atoms with Crippen molar-refractivity contribution in [3.8, 4) is 5.75 Å². The van der Waals surface area contributed by atoms with E-state index in [9.17, 15) is 0 Å². The van der Waals surface area contributed by atoms with Gasteiger partial charge in [-0.1, -0.05) is 139 Å². The van der Waals surface area contributed by atoms with E-state index >= 15 is 0 Å². The van der Waals surface area contributed by atoms with Crippen LogP contribution in [0.15, 0.2) is 179 Å². The minimum Gasteiger partial charge on any atom is -0.460 e. The molecular weight excluding hydrogens is 569 g/mol. The molecule has 9 atom stereocenters. The second-order valence-electron chi connectivity index (χ2n) is 14.8. The van der Waals surface area contributed by atoms with Crippen molar-refractivity contribution in [2.45, 2.75) is 38.0 Å². The Hall–Kier alpha value is -4.36. The van der Waals surface area contributed by atoms with Crippen LogP contribution in [0.3, 0.4) is 0 Å². The number of hydrogen-bond acceptors (Lipinski definition) is 1. The van der Waals surface area contributed by atoms with Gasteiger partial charge in [0.15, 0.2) is 0 Å². The van der Waals surface area contributed by atoms with Gasteiger partial charge in [0, 0.05) is 40.7 Å². The molecule has 9 unspecified atom stereocenters. The number of benzene rings is 1. The summed E-state index contributed by atoms with van der Waals surface area (Å²) in [7, 11) is 0. The van der Waals surface area contributed by atoms with Gasteiger partial charge in [-0.25, -0.2) is 0 Å². The number of allylic oxidation sites excluding steroid dienone is 26.